The number of carbonyl (C=O) groups is 4. The van der Waals surface area contributed by atoms with Crippen LogP contribution in [0.2, 0.25) is 0 Å². The van der Waals surface area contributed by atoms with E-state index >= 15 is 0 Å². The van der Waals surface area contributed by atoms with E-state index < -0.39 is 36.2 Å². The monoisotopic (exact) mass is 231 g/mol. The highest BCUT2D eigenvalue weighted by Gasteiger charge is 2.30. The predicted octanol–water partition coefficient (Wildman–Crippen LogP) is -0.301. The molecule has 2 N–H and O–H groups in total. The zero-order valence-corrected chi connectivity index (χ0v) is 8.97. The molecule has 0 fully saturated rings. The van der Waals surface area contributed by atoms with Crippen LogP contribution in [0.1, 0.15) is 26.7 Å². The Hall–Kier alpha value is -1.92. The molecule has 16 heavy (non-hydrogen) atoms. The van der Waals surface area contributed by atoms with Crippen LogP contribution in [0.5, 0.6) is 0 Å². The first-order valence-corrected chi connectivity index (χ1v) is 4.52. The van der Waals surface area contributed by atoms with Gasteiger partial charge in [-0.2, -0.15) is 0 Å². The van der Waals surface area contributed by atoms with Gasteiger partial charge in [0.05, 0.1) is 0 Å². The first kappa shape index (κ1) is 14.1. The molecule has 0 aliphatic carbocycles. The van der Waals surface area contributed by atoms with Crippen molar-refractivity contribution in [3.8, 4) is 0 Å². The molecular formula is C9H13NO6. The molecule has 0 heterocycles. The van der Waals surface area contributed by atoms with E-state index in [1.165, 1.54) is 0 Å². The fourth-order valence-electron chi connectivity index (χ4n) is 1.28. The van der Waals surface area contributed by atoms with Crippen molar-refractivity contribution >= 4 is 23.8 Å². The number of amides is 2. The molecule has 7 nitrogen and oxygen atoms in total. The highest BCUT2D eigenvalue weighted by Crippen LogP contribution is 2.09. The molecule has 0 saturated carbocycles. The summed E-state index contributed by atoms with van der Waals surface area (Å²) in [6.45, 7) is 2.11. The molecule has 7 heteroatoms. The van der Waals surface area contributed by atoms with Crippen molar-refractivity contribution in [1.29, 1.82) is 0 Å². The van der Waals surface area contributed by atoms with Crippen molar-refractivity contribution in [2.45, 2.75) is 32.7 Å². The molecule has 0 bridgehead atoms. The van der Waals surface area contributed by atoms with Gasteiger partial charge in [0.25, 0.3) is 0 Å². The van der Waals surface area contributed by atoms with Crippen LogP contribution < -0.4 is 0 Å². The van der Waals surface area contributed by atoms with E-state index in [1.807, 2.05) is 0 Å². The second kappa shape index (κ2) is 5.84. The molecule has 0 aliphatic rings. The summed E-state index contributed by atoms with van der Waals surface area (Å²) in [7, 11) is 0. The van der Waals surface area contributed by atoms with Gasteiger partial charge < -0.3 is 10.2 Å². The molecule has 0 radical (unpaired) electrons. The number of carboxylic acids is 2. The van der Waals surface area contributed by atoms with Gasteiger partial charge in [0.15, 0.2) is 0 Å². The van der Waals surface area contributed by atoms with Crippen molar-refractivity contribution in [3.63, 3.8) is 0 Å². The summed E-state index contributed by atoms with van der Waals surface area (Å²) >= 11 is 0. The maximum atomic E-state index is 11.1. The normalized spacial score (nSPS) is 11.6. The van der Waals surface area contributed by atoms with Crippen LogP contribution in [-0.4, -0.2) is 44.9 Å². The number of hydrogen-bond acceptors (Lipinski definition) is 4. The lowest BCUT2D eigenvalue weighted by Gasteiger charge is -2.24. The molecule has 0 saturated heterocycles. The predicted molar refractivity (Wildman–Crippen MR) is 51.5 cm³/mol. The van der Waals surface area contributed by atoms with Crippen molar-refractivity contribution in [2.24, 2.45) is 0 Å². The molecule has 0 aromatic rings. The van der Waals surface area contributed by atoms with Gasteiger partial charge in [-0.05, 0) is 6.42 Å². The van der Waals surface area contributed by atoms with Crippen molar-refractivity contribution in [3.05, 3.63) is 0 Å². The molecule has 1 atom stereocenters. The second-order valence-electron chi connectivity index (χ2n) is 3.19. The smallest absolute Gasteiger partial charge is 0.326 e. The summed E-state index contributed by atoms with van der Waals surface area (Å²) in [5.41, 5.74) is 0. The Morgan fingerprint density at radius 1 is 1.06 bits per heavy atom. The summed E-state index contributed by atoms with van der Waals surface area (Å²) < 4.78 is 0. The summed E-state index contributed by atoms with van der Waals surface area (Å²) in [5, 5.41) is 17.2. The first-order chi connectivity index (χ1) is 7.27. The average Bonchev–Trinajstić information content (AvgIpc) is 2.09. The Kier molecular flexibility index (Phi) is 5.14. The maximum absolute atomic E-state index is 11.1. The van der Waals surface area contributed by atoms with Gasteiger partial charge in [-0.25, -0.2) is 4.79 Å². The van der Waals surface area contributed by atoms with Crippen LogP contribution in [0.3, 0.4) is 0 Å². The van der Waals surface area contributed by atoms with Gasteiger partial charge in [0.1, 0.15) is 6.04 Å². The molecular weight excluding hydrogens is 218 g/mol. The van der Waals surface area contributed by atoms with Gasteiger partial charge >= 0.3 is 11.9 Å². The molecule has 0 unspecified atom stereocenters. The first-order valence-electron chi connectivity index (χ1n) is 4.52. The summed E-state index contributed by atoms with van der Waals surface area (Å²) in [6.07, 6.45) is -0.724. The molecule has 0 aromatic carbocycles. The zero-order chi connectivity index (χ0) is 12.9. The lowest BCUT2D eigenvalue weighted by Crippen LogP contribution is -2.47. The van der Waals surface area contributed by atoms with Crippen LogP contribution in [0, 0.1) is 0 Å². The van der Waals surface area contributed by atoms with E-state index in [4.69, 9.17) is 10.2 Å². The van der Waals surface area contributed by atoms with Gasteiger partial charge in [0.2, 0.25) is 11.8 Å². The van der Waals surface area contributed by atoms with Crippen LogP contribution in [0.25, 0.3) is 0 Å². The Labute approximate surface area is 91.7 Å². The molecule has 2 amide bonds. The number of carbonyl (C=O) groups excluding carboxylic acids is 2. The van der Waals surface area contributed by atoms with E-state index in [0.717, 1.165) is 13.8 Å². The number of rotatable bonds is 5. The van der Waals surface area contributed by atoms with E-state index in [0.29, 0.717) is 4.90 Å². The fourth-order valence-corrected chi connectivity index (χ4v) is 1.28. The highest BCUT2D eigenvalue weighted by molar-refractivity contribution is 5.97. The van der Waals surface area contributed by atoms with Gasteiger partial charge in [-0.15, -0.1) is 0 Å². The molecule has 0 aromatic heterocycles. The topological polar surface area (TPSA) is 112 Å². The SMILES string of the molecule is CC(=O)N(C(C)=O)[C@@H](CCC(=O)O)C(=O)O. The van der Waals surface area contributed by atoms with Crippen LogP contribution in [0.15, 0.2) is 0 Å². The number of aliphatic carboxylic acids is 2. The Balaban J connectivity index is 4.86. The van der Waals surface area contributed by atoms with Crippen LogP contribution in [-0.2, 0) is 19.2 Å². The van der Waals surface area contributed by atoms with Crippen molar-refractivity contribution in [1.82, 2.24) is 4.90 Å². The molecule has 0 rings (SSSR count). The zero-order valence-electron chi connectivity index (χ0n) is 8.97. The number of imide groups is 1. The average molecular weight is 231 g/mol. The maximum Gasteiger partial charge on any atom is 0.326 e. The van der Waals surface area contributed by atoms with E-state index in [9.17, 15) is 19.2 Å². The molecule has 0 spiro atoms. The van der Waals surface area contributed by atoms with Crippen molar-refractivity contribution < 1.29 is 29.4 Å². The van der Waals surface area contributed by atoms with Crippen molar-refractivity contribution in [2.75, 3.05) is 0 Å². The molecule has 0 aliphatic heterocycles. The third-order valence-corrected chi connectivity index (χ3v) is 1.91. The van der Waals surface area contributed by atoms with Gasteiger partial charge in [0, 0.05) is 20.3 Å². The van der Waals surface area contributed by atoms with Crippen LogP contribution in [0.4, 0.5) is 0 Å². The standard InChI is InChI=1S/C9H13NO6/c1-5(11)10(6(2)12)7(9(15)16)3-4-8(13)14/h7H,3-4H2,1-2H3,(H,13,14)(H,15,16)/t7-/m0/s1. The van der Waals surface area contributed by atoms with Crippen LogP contribution >= 0.6 is 0 Å². The summed E-state index contributed by atoms with van der Waals surface area (Å²) in [6, 6.07) is -1.42. The minimum absolute atomic E-state index is 0.302. The minimum Gasteiger partial charge on any atom is -0.481 e. The number of nitrogens with zero attached hydrogens (tertiary/aromatic N) is 1. The van der Waals surface area contributed by atoms with E-state index in [-0.39, 0.29) is 6.42 Å². The minimum atomic E-state index is -1.42. The van der Waals surface area contributed by atoms with Gasteiger partial charge in [-0.1, -0.05) is 0 Å². The Bertz CT molecular complexity index is 310. The largest absolute Gasteiger partial charge is 0.481 e. The third kappa shape index (κ3) is 4.07. The quantitative estimate of drug-likeness (QED) is 0.671. The Morgan fingerprint density at radius 2 is 1.50 bits per heavy atom. The Morgan fingerprint density at radius 3 is 1.75 bits per heavy atom. The third-order valence-electron chi connectivity index (χ3n) is 1.91. The number of carboxylic acid groups (broad SMARTS) is 2. The van der Waals surface area contributed by atoms with Gasteiger partial charge in [-0.3, -0.25) is 19.3 Å². The van der Waals surface area contributed by atoms with E-state index in [2.05, 4.69) is 0 Å². The molecule has 90 valence electrons. The lowest BCUT2D eigenvalue weighted by atomic mass is 10.1. The number of hydrogen-bond donors (Lipinski definition) is 2. The second-order valence-corrected chi connectivity index (χ2v) is 3.19. The summed E-state index contributed by atoms with van der Waals surface area (Å²) in [5.74, 6) is -4.01. The summed E-state index contributed by atoms with van der Waals surface area (Å²) in [4.78, 5) is 43.8. The fraction of sp³-hybridized carbons (Fsp3) is 0.556. The highest BCUT2D eigenvalue weighted by atomic mass is 16.4. The lowest BCUT2D eigenvalue weighted by molar-refractivity contribution is -0.157. The van der Waals surface area contributed by atoms with E-state index in [1.54, 1.807) is 0 Å².